The van der Waals surface area contributed by atoms with Gasteiger partial charge in [0.15, 0.2) is 0 Å². The molecule has 3 rings (SSSR count). The second-order valence-electron chi connectivity index (χ2n) is 5.14. The zero-order chi connectivity index (χ0) is 16.4. The highest BCUT2D eigenvalue weighted by Gasteiger charge is 2.42. The molecular formula is C17H14ClNO3S. The van der Waals surface area contributed by atoms with E-state index in [9.17, 15) is 14.7 Å². The van der Waals surface area contributed by atoms with Crippen LogP contribution in [0.15, 0.2) is 54.6 Å². The minimum absolute atomic E-state index is 0.323. The minimum atomic E-state index is -1.00. The Morgan fingerprint density at radius 1 is 1.09 bits per heavy atom. The summed E-state index contributed by atoms with van der Waals surface area (Å²) in [6.07, 6.45) is 0. The van der Waals surface area contributed by atoms with Crippen molar-refractivity contribution in [1.82, 2.24) is 4.90 Å². The molecule has 1 aliphatic heterocycles. The maximum absolute atomic E-state index is 12.9. The van der Waals surface area contributed by atoms with Crippen molar-refractivity contribution < 1.29 is 14.7 Å². The number of amides is 1. The fraction of sp³-hybridized carbons (Fsp3) is 0.176. The summed E-state index contributed by atoms with van der Waals surface area (Å²) in [7, 11) is 0. The van der Waals surface area contributed by atoms with Gasteiger partial charge in [0.1, 0.15) is 11.4 Å². The van der Waals surface area contributed by atoms with Crippen LogP contribution in [0.25, 0.3) is 0 Å². The molecule has 4 nitrogen and oxygen atoms in total. The number of benzene rings is 2. The number of hydrogen-bond acceptors (Lipinski definition) is 3. The Morgan fingerprint density at radius 3 is 2.39 bits per heavy atom. The standard InChI is InChI=1S/C17H14ClNO3S/c18-13-9-5-4-8-12(13)15(20)19-14(17(21)22)10-23-16(19)11-6-2-1-3-7-11/h1-9,14,16H,10H2,(H,21,22)/t14-,16+/m0/s1. The lowest BCUT2D eigenvalue weighted by Gasteiger charge is -2.28. The number of halogens is 1. The number of carbonyl (C=O) groups excluding carboxylic acids is 1. The van der Waals surface area contributed by atoms with E-state index >= 15 is 0 Å². The van der Waals surface area contributed by atoms with Gasteiger partial charge in [0.05, 0.1) is 10.6 Å². The van der Waals surface area contributed by atoms with Crippen molar-refractivity contribution in [3.05, 3.63) is 70.7 Å². The second-order valence-corrected chi connectivity index (χ2v) is 6.66. The summed E-state index contributed by atoms with van der Waals surface area (Å²) in [5.74, 6) is -1.01. The lowest BCUT2D eigenvalue weighted by Crippen LogP contribution is -2.43. The average molecular weight is 348 g/mol. The monoisotopic (exact) mass is 347 g/mol. The van der Waals surface area contributed by atoms with Crippen LogP contribution in [0.5, 0.6) is 0 Å². The number of carboxylic acids is 1. The van der Waals surface area contributed by atoms with Crippen LogP contribution in [0.4, 0.5) is 0 Å². The maximum atomic E-state index is 12.9. The van der Waals surface area contributed by atoms with Gasteiger partial charge in [-0.25, -0.2) is 4.79 Å². The van der Waals surface area contributed by atoms with E-state index in [1.165, 1.54) is 16.7 Å². The minimum Gasteiger partial charge on any atom is -0.480 e. The van der Waals surface area contributed by atoms with Crippen molar-refractivity contribution in [2.24, 2.45) is 0 Å². The molecule has 118 valence electrons. The van der Waals surface area contributed by atoms with E-state index in [0.717, 1.165) is 5.56 Å². The molecular weight excluding hydrogens is 334 g/mol. The second kappa shape index (κ2) is 6.64. The van der Waals surface area contributed by atoms with E-state index in [0.29, 0.717) is 16.3 Å². The first kappa shape index (κ1) is 15.9. The van der Waals surface area contributed by atoms with Gasteiger partial charge in [0.25, 0.3) is 5.91 Å². The Hall–Kier alpha value is -1.98. The van der Waals surface area contributed by atoms with E-state index in [1.807, 2.05) is 30.3 Å². The Kier molecular flexibility index (Phi) is 4.59. The fourth-order valence-corrected chi connectivity index (χ4v) is 4.23. The fourth-order valence-electron chi connectivity index (χ4n) is 2.59. The van der Waals surface area contributed by atoms with Crippen molar-refractivity contribution in [3.8, 4) is 0 Å². The van der Waals surface area contributed by atoms with E-state index in [2.05, 4.69) is 0 Å². The van der Waals surface area contributed by atoms with Crippen LogP contribution in [-0.4, -0.2) is 33.7 Å². The van der Waals surface area contributed by atoms with Gasteiger partial charge < -0.3 is 10.0 Å². The number of thioether (sulfide) groups is 1. The number of carbonyl (C=O) groups is 2. The van der Waals surface area contributed by atoms with Crippen molar-refractivity contribution in [3.63, 3.8) is 0 Å². The van der Waals surface area contributed by atoms with Gasteiger partial charge in [0.2, 0.25) is 0 Å². The molecule has 0 saturated carbocycles. The summed E-state index contributed by atoms with van der Waals surface area (Å²) >= 11 is 7.57. The van der Waals surface area contributed by atoms with Gasteiger partial charge in [-0.1, -0.05) is 54.1 Å². The molecule has 1 heterocycles. The Bertz CT molecular complexity index is 738. The summed E-state index contributed by atoms with van der Waals surface area (Å²) in [5.41, 5.74) is 1.23. The molecule has 1 saturated heterocycles. The number of nitrogens with zero attached hydrogens (tertiary/aromatic N) is 1. The van der Waals surface area contributed by atoms with E-state index in [-0.39, 0.29) is 11.3 Å². The molecule has 2 aromatic rings. The zero-order valence-corrected chi connectivity index (χ0v) is 13.6. The molecule has 0 spiro atoms. The number of rotatable bonds is 3. The highest BCUT2D eigenvalue weighted by Crippen LogP contribution is 2.42. The summed E-state index contributed by atoms with van der Waals surface area (Å²) in [6.45, 7) is 0. The summed E-state index contributed by atoms with van der Waals surface area (Å²) in [4.78, 5) is 25.9. The predicted octanol–water partition coefficient (Wildman–Crippen LogP) is 3.68. The third kappa shape index (κ3) is 3.07. The van der Waals surface area contributed by atoms with Crippen LogP contribution < -0.4 is 0 Å². The third-order valence-electron chi connectivity index (χ3n) is 3.71. The zero-order valence-electron chi connectivity index (χ0n) is 12.1. The summed E-state index contributed by atoms with van der Waals surface area (Å²) in [5, 5.41) is 9.47. The van der Waals surface area contributed by atoms with Crippen LogP contribution in [0.3, 0.4) is 0 Å². The first-order valence-electron chi connectivity index (χ1n) is 7.06. The predicted molar refractivity (Wildman–Crippen MR) is 90.7 cm³/mol. The smallest absolute Gasteiger partial charge is 0.327 e. The maximum Gasteiger partial charge on any atom is 0.327 e. The van der Waals surface area contributed by atoms with Crippen LogP contribution in [0, 0.1) is 0 Å². The van der Waals surface area contributed by atoms with E-state index < -0.39 is 12.0 Å². The molecule has 2 atom stereocenters. The summed E-state index contributed by atoms with van der Waals surface area (Å²) in [6, 6.07) is 15.3. The molecule has 1 fully saturated rings. The van der Waals surface area contributed by atoms with Gasteiger partial charge in [0, 0.05) is 5.75 Å². The molecule has 0 aromatic heterocycles. The van der Waals surface area contributed by atoms with Crippen molar-refractivity contribution in [2.75, 3.05) is 5.75 Å². The van der Waals surface area contributed by atoms with Gasteiger partial charge in [-0.05, 0) is 17.7 Å². The molecule has 1 aliphatic rings. The van der Waals surface area contributed by atoms with Crippen LogP contribution in [0.1, 0.15) is 21.3 Å². The third-order valence-corrected chi connectivity index (χ3v) is 5.36. The van der Waals surface area contributed by atoms with E-state index in [1.54, 1.807) is 24.3 Å². The van der Waals surface area contributed by atoms with Crippen LogP contribution >= 0.6 is 23.4 Å². The van der Waals surface area contributed by atoms with Gasteiger partial charge in [-0.2, -0.15) is 0 Å². The summed E-state index contributed by atoms with van der Waals surface area (Å²) < 4.78 is 0. The molecule has 2 aromatic carbocycles. The molecule has 1 amide bonds. The van der Waals surface area contributed by atoms with Gasteiger partial charge >= 0.3 is 5.97 Å². The number of carboxylic acid groups (broad SMARTS) is 1. The van der Waals surface area contributed by atoms with Crippen LogP contribution in [-0.2, 0) is 4.79 Å². The van der Waals surface area contributed by atoms with Crippen LogP contribution in [0.2, 0.25) is 5.02 Å². The molecule has 1 N–H and O–H groups in total. The normalized spacial score (nSPS) is 20.5. The van der Waals surface area contributed by atoms with Gasteiger partial charge in [-0.3, -0.25) is 4.79 Å². The van der Waals surface area contributed by atoms with Gasteiger partial charge in [-0.15, -0.1) is 11.8 Å². The first-order chi connectivity index (χ1) is 11.1. The molecule has 0 aliphatic carbocycles. The lowest BCUT2D eigenvalue weighted by molar-refractivity contribution is -0.141. The Labute approximate surface area is 143 Å². The molecule has 0 bridgehead atoms. The lowest BCUT2D eigenvalue weighted by atomic mass is 10.1. The average Bonchev–Trinajstić information content (AvgIpc) is 3.00. The first-order valence-corrected chi connectivity index (χ1v) is 8.49. The quantitative estimate of drug-likeness (QED) is 0.920. The Morgan fingerprint density at radius 2 is 1.74 bits per heavy atom. The SMILES string of the molecule is O=C(O)[C@@H]1CS[C@H](c2ccccc2)N1C(=O)c1ccccc1Cl. The van der Waals surface area contributed by atoms with E-state index in [4.69, 9.17) is 11.6 Å². The highest BCUT2D eigenvalue weighted by molar-refractivity contribution is 7.99. The molecule has 0 unspecified atom stereocenters. The van der Waals surface area contributed by atoms with Crippen molar-refractivity contribution >= 4 is 35.2 Å². The number of hydrogen-bond donors (Lipinski definition) is 1. The largest absolute Gasteiger partial charge is 0.480 e. The Balaban J connectivity index is 2.01. The molecule has 23 heavy (non-hydrogen) atoms. The highest BCUT2D eigenvalue weighted by atomic mass is 35.5. The molecule has 6 heteroatoms. The topological polar surface area (TPSA) is 57.6 Å². The van der Waals surface area contributed by atoms with Crippen molar-refractivity contribution in [2.45, 2.75) is 11.4 Å². The molecule has 0 radical (unpaired) electrons. The van der Waals surface area contributed by atoms with Crippen molar-refractivity contribution in [1.29, 1.82) is 0 Å². The number of aliphatic carboxylic acids is 1.